The summed E-state index contributed by atoms with van der Waals surface area (Å²) in [5.41, 5.74) is 2.47. The minimum Gasteiger partial charge on any atom is -0.350 e. The fraction of sp³-hybridized carbons (Fsp3) is 0.200. The number of nitrogens with one attached hydrogen (secondary N) is 1. The lowest BCUT2D eigenvalue weighted by molar-refractivity contribution is -0.120. The Morgan fingerprint density at radius 3 is 2.27 bits per heavy atom. The molecule has 0 aromatic heterocycles. The van der Waals surface area contributed by atoms with Crippen molar-refractivity contribution in [3.63, 3.8) is 0 Å². The number of aryl methyl sites for hydroxylation is 1. The van der Waals surface area contributed by atoms with E-state index in [4.69, 9.17) is 11.6 Å². The minimum atomic E-state index is -0.516. The lowest BCUT2D eigenvalue weighted by Crippen LogP contribution is -2.32. The summed E-state index contributed by atoms with van der Waals surface area (Å²) < 4.78 is 0.918. The second kappa shape index (κ2) is 8.06. The number of hydrogen-bond acceptors (Lipinski definition) is 3. The molecule has 1 N–H and O–H groups in total. The summed E-state index contributed by atoms with van der Waals surface area (Å²) in [6.45, 7) is 2.14. The third-order valence-corrected chi connectivity index (χ3v) is 5.03. The van der Waals surface area contributed by atoms with Crippen LogP contribution in [-0.2, 0) is 16.0 Å². The van der Waals surface area contributed by atoms with Crippen molar-refractivity contribution in [2.45, 2.75) is 26.2 Å². The molecule has 134 valence electrons. The van der Waals surface area contributed by atoms with E-state index < -0.39 is 11.8 Å². The molecule has 26 heavy (non-hydrogen) atoms. The summed E-state index contributed by atoms with van der Waals surface area (Å²) in [7, 11) is 0. The topological polar surface area (TPSA) is 49.4 Å². The van der Waals surface area contributed by atoms with Crippen LogP contribution in [0.4, 0.5) is 11.4 Å². The van der Waals surface area contributed by atoms with Crippen molar-refractivity contribution in [2.24, 2.45) is 0 Å². The molecule has 0 atom stereocenters. The highest BCUT2D eigenvalue weighted by molar-refractivity contribution is 9.10. The van der Waals surface area contributed by atoms with E-state index in [9.17, 15) is 9.59 Å². The van der Waals surface area contributed by atoms with Crippen molar-refractivity contribution in [1.29, 1.82) is 0 Å². The Hall–Kier alpha value is -2.11. The van der Waals surface area contributed by atoms with Gasteiger partial charge >= 0.3 is 0 Å². The molecule has 1 aliphatic rings. The van der Waals surface area contributed by atoms with Gasteiger partial charge in [0.15, 0.2) is 0 Å². The molecule has 0 aliphatic carbocycles. The minimum absolute atomic E-state index is 0.0917. The number of amides is 2. The molecule has 0 fully saturated rings. The highest BCUT2D eigenvalue weighted by atomic mass is 79.9. The molecule has 0 spiro atoms. The summed E-state index contributed by atoms with van der Waals surface area (Å²) in [4.78, 5) is 26.3. The molecule has 1 aliphatic heterocycles. The molecule has 0 bridgehead atoms. The Morgan fingerprint density at radius 1 is 1.00 bits per heavy atom. The zero-order valence-corrected chi connectivity index (χ0v) is 16.6. The predicted molar refractivity (Wildman–Crippen MR) is 108 cm³/mol. The number of halogens is 2. The van der Waals surface area contributed by atoms with E-state index >= 15 is 0 Å². The molecule has 0 saturated heterocycles. The van der Waals surface area contributed by atoms with Crippen molar-refractivity contribution in [3.8, 4) is 0 Å². The van der Waals surface area contributed by atoms with Crippen molar-refractivity contribution < 1.29 is 9.59 Å². The molecule has 3 rings (SSSR count). The van der Waals surface area contributed by atoms with E-state index in [0.29, 0.717) is 11.4 Å². The van der Waals surface area contributed by atoms with Crippen LogP contribution in [-0.4, -0.2) is 11.8 Å². The quantitative estimate of drug-likeness (QED) is 0.635. The molecule has 1 heterocycles. The van der Waals surface area contributed by atoms with Gasteiger partial charge in [-0.05, 0) is 54.8 Å². The maximum Gasteiger partial charge on any atom is 0.283 e. The predicted octanol–water partition coefficient (Wildman–Crippen LogP) is 5.23. The van der Waals surface area contributed by atoms with E-state index in [1.807, 2.05) is 24.3 Å². The van der Waals surface area contributed by atoms with Crippen LogP contribution in [0.1, 0.15) is 25.3 Å². The third-order valence-electron chi connectivity index (χ3n) is 4.15. The zero-order valence-electron chi connectivity index (χ0n) is 14.3. The number of carbonyl (C=O) groups excluding carboxylic acids is 2. The number of anilines is 2. The zero-order chi connectivity index (χ0) is 18.7. The van der Waals surface area contributed by atoms with Gasteiger partial charge in [-0.1, -0.05) is 53.0 Å². The van der Waals surface area contributed by atoms with Gasteiger partial charge in [0.25, 0.3) is 11.8 Å². The molecule has 6 heteroatoms. The highest BCUT2D eigenvalue weighted by Crippen LogP contribution is 2.30. The van der Waals surface area contributed by atoms with Crippen LogP contribution in [0.25, 0.3) is 0 Å². The maximum absolute atomic E-state index is 12.7. The van der Waals surface area contributed by atoms with Crippen LogP contribution in [0.15, 0.2) is 63.7 Å². The number of unbranched alkanes of at least 4 members (excludes halogenated alkanes) is 1. The summed E-state index contributed by atoms with van der Waals surface area (Å²) in [6, 6.07) is 14.7. The standard InChI is InChI=1S/C20H18BrClN2O2/c1-2-3-4-13-5-11-16(12-6-13)24-19(25)17(22)18(20(24)26)23-15-9-7-14(21)8-10-15/h5-12,23H,2-4H2,1H3. The van der Waals surface area contributed by atoms with Crippen LogP contribution < -0.4 is 10.2 Å². The molecule has 0 unspecified atom stereocenters. The Morgan fingerprint density at radius 2 is 1.65 bits per heavy atom. The number of benzene rings is 2. The van der Waals surface area contributed by atoms with E-state index in [-0.39, 0.29) is 10.7 Å². The lowest BCUT2D eigenvalue weighted by Gasteiger charge is -2.15. The SMILES string of the molecule is CCCCc1ccc(N2C(=O)C(Cl)=C(Nc3ccc(Br)cc3)C2=O)cc1. The van der Waals surface area contributed by atoms with E-state index in [1.54, 1.807) is 24.3 Å². The van der Waals surface area contributed by atoms with Gasteiger partial charge in [-0.2, -0.15) is 0 Å². The highest BCUT2D eigenvalue weighted by Gasteiger charge is 2.38. The van der Waals surface area contributed by atoms with Gasteiger partial charge in [-0.25, -0.2) is 4.90 Å². The Bertz CT molecular complexity index is 860. The second-order valence-electron chi connectivity index (χ2n) is 6.04. The second-order valence-corrected chi connectivity index (χ2v) is 7.33. The molecular weight excluding hydrogens is 416 g/mol. The van der Waals surface area contributed by atoms with Crippen molar-refractivity contribution in [1.82, 2.24) is 0 Å². The average Bonchev–Trinajstić information content (AvgIpc) is 2.86. The first-order valence-corrected chi connectivity index (χ1v) is 9.58. The largest absolute Gasteiger partial charge is 0.350 e. The lowest BCUT2D eigenvalue weighted by atomic mass is 10.1. The smallest absolute Gasteiger partial charge is 0.283 e. The molecule has 4 nitrogen and oxygen atoms in total. The van der Waals surface area contributed by atoms with E-state index in [1.165, 1.54) is 5.56 Å². The number of imide groups is 1. The first kappa shape index (κ1) is 18.7. The number of hydrogen-bond donors (Lipinski definition) is 1. The number of carbonyl (C=O) groups is 2. The number of nitrogens with zero attached hydrogens (tertiary/aromatic N) is 1. The maximum atomic E-state index is 12.7. The summed E-state index contributed by atoms with van der Waals surface area (Å²) in [6.07, 6.45) is 3.21. The van der Waals surface area contributed by atoms with Gasteiger partial charge in [0.1, 0.15) is 10.7 Å². The van der Waals surface area contributed by atoms with Crippen LogP contribution in [0.2, 0.25) is 0 Å². The van der Waals surface area contributed by atoms with Gasteiger partial charge in [-0.3, -0.25) is 9.59 Å². The first-order chi connectivity index (χ1) is 12.5. The molecular formula is C20H18BrClN2O2. The average molecular weight is 434 g/mol. The van der Waals surface area contributed by atoms with Crippen molar-refractivity contribution in [2.75, 3.05) is 10.2 Å². The Labute approximate surface area is 166 Å². The van der Waals surface area contributed by atoms with Crippen LogP contribution in [0, 0.1) is 0 Å². The molecule has 0 saturated carbocycles. The summed E-state index contributed by atoms with van der Waals surface area (Å²) in [5, 5.41) is 2.85. The van der Waals surface area contributed by atoms with Crippen molar-refractivity contribution in [3.05, 3.63) is 69.3 Å². The third kappa shape index (κ3) is 3.84. The van der Waals surface area contributed by atoms with Gasteiger partial charge in [0.2, 0.25) is 0 Å². The fourth-order valence-electron chi connectivity index (χ4n) is 2.72. The van der Waals surface area contributed by atoms with Crippen molar-refractivity contribution >= 4 is 50.7 Å². The van der Waals surface area contributed by atoms with Crippen LogP contribution in [0.5, 0.6) is 0 Å². The molecule has 2 amide bonds. The molecule has 2 aromatic carbocycles. The summed E-state index contributed by atoms with van der Waals surface area (Å²) in [5.74, 6) is -0.971. The van der Waals surface area contributed by atoms with Gasteiger partial charge in [0.05, 0.1) is 5.69 Å². The molecule has 2 aromatic rings. The Balaban J connectivity index is 1.80. The monoisotopic (exact) mass is 432 g/mol. The van der Waals surface area contributed by atoms with Gasteiger partial charge in [-0.15, -0.1) is 0 Å². The first-order valence-electron chi connectivity index (χ1n) is 8.41. The van der Waals surface area contributed by atoms with Gasteiger partial charge in [0, 0.05) is 10.2 Å². The Kier molecular flexibility index (Phi) is 5.79. The van der Waals surface area contributed by atoms with Gasteiger partial charge < -0.3 is 5.32 Å². The summed E-state index contributed by atoms with van der Waals surface area (Å²) >= 11 is 9.50. The van der Waals surface area contributed by atoms with E-state index in [0.717, 1.165) is 28.6 Å². The van der Waals surface area contributed by atoms with E-state index in [2.05, 4.69) is 28.2 Å². The normalized spacial score (nSPS) is 14.3. The number of rotatable bonds is 6. The van der Waals surface area contributed by atoms with Crippen LogP contribution in [0.3, 0.4) is 0 Å². The van der Waals surface area contributed by atoms with Crippen LogP contribution >= 0.6 is 27.5 Å². The molecule has 0 radical (unpaired) electrons. The fourth-order valence-corrected chi connectivity index (χ4v) is 3.19.